The van der Waals surface area contributed by atoms with Crippen LogP contribution in [0.5, 0.6) is 0 Å². The Morgan fingerprint density at radius 1 is 1.30 bits per heavy atom. The fourth-order valence-electron chi connectivity index (χ4n) is 1.93. The van der Waals surface area contributed by atoms with Crippen molar-refractivity contribution in [3.63, 3.8) is 0 Å². The first-order valence-electron chi connectivity index (χ1n) is 6.55. The molecule has 3 N–H and O–H groups in total. The molecule has 0 aliphatic heterocycles. The first-order valence-corrected chi connectivity index (χ1v) is 6.55. The van der Waals surface area contributed by atoms with Crippen molar-refractivity contribution in [2.24, 2.45) is 5.73 Å². The van der Waals surface area contributed by atoms with Crippen LogP contribution in [0.1, 0.15) is 23.6 Å². The number of benzene rings is 1. The van der Waals surface area contributed by atoms with Crippen LogP contribution < -0.4 is 11.1 Å². The van der Waals surface area contributed by atoms with E-state index in [1.54, 1.807) is 4.68 Å². The number of hydrogen-bond acceptors (Lipinski definition) is 4. The zero-order valence-electron chi connectivity index (χ0n) is 11.8. The molecule has 0 saturated heterocycles. The lowest BCUT2D eigenvalue weighted by molar-refractivity contribution is -0.116. The summed E-state index contributed by atoms with van der Waals surface area (Å²) >= 11 is 0. The third-order valence-electron chi connectivity index (χ3n) is 2.99. The molecular weight excluding hydrogens is 254 g/mol. The fourth-order valence-corrected chi connectivity index (χ4v) is 1.93. The van der Waals surface area contributed by atoms with Crippen LogP contribution in [0, 0.1) is 13.8 Å². The molecule has 0 fully saturated rings. The highest BCUT2D eigenvalue weighted by molar-refractivity contribution is 5.90. The molecule has 6 heteroatoms. The van der Waals surface area contributed by atoms with E-state index in [4.69, 9.17) is 5.73 Å². The maximum absolute atomic E-state index is 11.9. The van der Waals surface area contributed by atoms with Crippen molar-refractivity contribution in [3.05, 3.63) is 41.5 Å². The molecule has 1 aromatic carbocycles. The standard InChI is InChI=1S/C14H19N5O/c1-10-16-11(2)19(18-10)8-7-14(20)17-13-5-3-12(9-15)4-6-13/h3-6H,7-9,15H2,1-2H3,(H,17,20). The third kappa shape index (κ3) is 3.64. The minimum Gasteiger partial charge on any atom is -0.326 e. The Balaban J connectivity index is 1.87. The van der Waals surface area contributed by atoms with Gasteiger partial charge in [-0.15, -0.1) is 0 Å². The monoisotopic (exact) mass is 273 g/mol. The Bertz CT molecular complexity index is 588. The average molecular weight is 273 g/mol. The molecule has 1 aromatic heterocycles. The molecule has 0 aliphatic carbocycles. The number of aromatic nitrogens is 3. The Morgan fingerprint density at radius 2 is 2.00 bits per heavy atom. The number of amides is 1. The Hall–Kier alpha value is -2.21. The van der Waals surface area contributed by atoms with Gasteiger partial charge in [-0.3, -0.25) is 4.79 Å². The molecule has 0 unspecified atom stereocenters. The summed E-state index contributed by atoms with van der Waals surface area (Å²) in [6, 6.07) is 7.51. The zero-order chi connectivity index (χ0) is 14.5. The Morgan fingerprint density at radius 3 is 2.55 bits per heavy atom. The van der Waals surface area contributed by atoms with Gasteiger partial charge in [0.25, 0.3) is 0 Å². The van der Waals surface area contributed by atoms with Crippen LogP contribution in [0.4, 0.5) is 5.69 Å². The highest BCUT2D eigenvalue weighted by atomic mass is 16.1. The number of carbonyl (C=O) groups is 1. The van der Waals surface area contributed by atoms with Gasteiger partial charge in [-0.05, 0) is 31.5 Å². The highest BCUT2D eigenvalue weighted by Gasteiger charge is 2.06. The number of nitrogens with one attached hydrogen (secondary N) is 1. The van der Waals surface area contributed by atoms with Crippen molar-refractivity contribution in [2.75, 3.05) is 5.32 Å². The predicted octanol–water partition coefficient (Wildman–Crippen LogP) is 1.38. The van der Waals surface area contributed by atoms with Crippen LogP contribution in [0.25, 0.3) is 0 Å². The van der Waals surface area contributed by atoms with E-state index in [0.29, 0.717) is 19.5 Å². The van der Waals surface area contributed by atoms with Gasteiger partial charge in [-0.2, -0.15) is 5.10 Å². The van der Waals surface area contributed by atoms with Crippen LogP contribution in [-0.2, 0) is 17.9 Å². The summed E-state index contributed by atoms with van der Waals surface area (Å²) < 4.78 is 1.74. The van der Waals surface area contributed by atoms with Gasteiger partial charge in [0.1, 0.15) is 11.6 Å². The molecule has 2 rings (SSSR count). The second kappa shape index (κ2) is 6.29. The quantitative estimate of drug-likeness (QED) is 0.861. The molecule has 1 amide bonds. The van der Waals surface area contributed by atoms with Crippen molar-refractivity contribution in [1.82, 2.24) is 14.8 Å². The molecule has 0 atom stereocenters. The molecule has 106 valence electrons. The van der Waals surface area contributed by atoms with E-state index in [1.807, 2.05) is 38.1 Å². The van der Waals surface area contributed by atoms with E-state index in [0.717, 1.165) is 22.9 Å². The van der Waals surface area contributed by atoms with Crippen molar-refractivity contribution in [3.8, 4) is 0 Å². The van der Waals surface area contributed by atoms with Gasteiger partial charge in [-0.1, -0.05) is 12.1 Å². The summed E-state index contributed by atoms with van der Waals surface area (Å²) in [5.74, 6) is 1.50. The molecule has 0 aliphatic rings. The van der Waals surface area contributed by atoms with E-state index >= 15 is 0 Å². The van der Waals surface area contributed by atoms with Crippen molar-refractivity contribution >= 4 is 11.6 Å². The summed E-state index contributed by atoms with van der Waals surface area (Å²) in [7, 11) is 0. The lowest BCUT2D eigenvalue weighted by Gasteiger charge is -2.06. The summed E-state index contributed by atoms with van der Waals surface area (Å²) in [6.45, 7) is 4.74. The second-order valence-corrected chi connectivity index (χ2v) is 4.63. The van der Waals surface area contributed by atoms with Crippen LogP contribution in [-0.4, -0.2) is 20.7 Å². The first-order chi connectivity index (χ1) is 9.58. The maximum Gasteiger partial charge on any atom is 0.226 e. The first kappa shape index (κ1) is 14.2. The SMILES string of the molecule is Cc1nc(C)n(CCC(=O)Nc2ccc(CN)cc2)n1. The molecule has 1 heterocycles. The van der Waals surface area contributed by atoms with E-state index in [9.17, 15) is 4.79 Å². The van der Waals surface area contributed by atoms with Crippen molar-refractivity contribution in [2.45, 2.75) is 33.4 Å². The van der Waals surface area contributed by atoms with E-state index in [1.165, 1.54) is 0 Å². The lowest BCUT2D eigenvalue weighted by Crippen LogP contribution is -2.15. The number of carbonyl (C=O) groups excluding carboxylic acids is 1. The van der Waals surface area contributed by atoms with Crippen molar-refractivity contribution < 1.29 is 4.79 Å². The van der Waals surface area contributed by atoms with Gasteiger partial charge in [0, 0.05) is 18.7 Å². The van der Waals surface area contributed by atoms with Gasteiger partial charge in [0.2, 0.25) is 5.91 Å². The number of hydrogen-bond donors (Lipinski definition) is 2. The minimum atomic E-state index is -0.0435. The summed E-state index contributed by atoms with van der Waals surface area (Å²) in [5, 5.41) is 7.07. The second-order valence-electron chi connectivity index (χ2n) is 4.63. The summed E-state index contributed by atoms with van der Waals surface area (Å²) in [4.78, 5) is 16.1. The topological polar surface area (TPSA) is 85.8 Å². The zero-order valence-corrected chi connectivity index (χ0v) is 11.8. The Labute approximate surface area is 118 Å². The van der Waals surface area contributed by atoms with Gasteiger partial charge in [-0.25, -0.2) is 9.67 Å². The fraction of sp³-hybridized carbons (Fsp3) is 0.357. The molecule has 6 nitrogen and oxygen atoms in total. The van der Waals surface area contributed by atoms with Crippen LogP contribution >= 0.6 is 0 Å². The van der Waals surface area contributed by atoms with E-state index in [-0.39, 0.29) is 5.91 Å². The van der Waals surface area contributed by atoms with Gasteiger partial charge in [0.15, 0.2) is 0 Å². The van der Waals surface area contributed by atoms with Crippen LogP contribution in [0.15, 0.2) is 24.3 Å². The predicted molar refractivity (Wildman–Crippen MR) is 77.1 cm³/mol. The van der Waals surface area contributed by atoms with Gasteiger partial charge >= 0.3 is 0 Å². The minimum absolute atomic E-state index is 0.0435. The van der Waals surface area contributed by atoms with E-state index < -0.39 is 0 Å². The molecular formula is C14H19N5O. The van der Waals surface area contributed by atoms with Gasteiger partial charge in [0.05, 0.1) is 6.54 Å². The molecule has 0 spiro atoms. The van der Waals surface area contributed by atoms with Crippen LogP contribution in [0.2, 0.25) is 0 Å². The van der Waals surface area contributed by atoms with Crippen LogP contribution in [0.3, 0.4) is 0 Å². The highest BCUT2D eigenvalue weighted by Crippen LogP contribution is 2.09. The number of anilines is 1. The molecule has 0 saturated carbocycles. The van der Waals surface area contributed by atoms with Gasteiger partial charge < -0.3 is 11.1 Å². The van der Waals surface area contributed by atoms with E-state index in [2.05, 4.69) is 15.4 Å². The molecule has 20 heavy (non-hydrogen) atoms. The van der Waals surface area contributed by atoms with Crippen molar-refractivity contribution in [1.29, 1.82) is 0 Å². The number of aryl methyl sites for hydroxylation is 3. The normalized spacial score (nSPS) is 10.6. The summed E-state index contributed by atoms with van der Waals surface area (Å²) in [6.07, 6.45) is 0.363. The summed E-state index contributed by atoms with van der Waals surface area (Å²) in [5.41, 5.74) is 7.34. The molecule has 2 aromatic rings. The third-order valence-corrected chi connectivity index (χ3v) is 2.99. The smallest absolute Gasteiger partial charge is 0.226 e. The molecule has 0 radical (unpaired) electrons. The Kier molecular flexibility index (Phi) is 4.47. The number of nitrogens with zero attached hydrogens (tertiary/aromatic N) is 3. The maximum atomic E-state index is 11.9. The largest absolute Gasteiger partial charge is 0.326 e. The average Bonchev–Trinajstić information content (AvgIpc) is 2.75. The number of rotatable bonds is 5. The number of nitrogens with two attached hydrogens (primary N) is 1. The molecule has 0 bridgehead atoms. The lowest BCUT2D eigenvalue weighted by atomic mass is 10.2.